The molecule has 2 N–H and O–H groups in total. The van der Waals surface area contributed by atoms with Gasteiger partial charge in [-0.15, -0.1) is 0 Å². The largest absolute Gasteiger partial charge is 0.339 e. The monoisotopic (exact) mass is 257 g/mol. The Morgan fingerprint density at radius 3 is 3.11 bits per heavy atom. The van der Waals surface area contributed by atoms with Crippen LogP contribution in [0, 0.1) is 0 Å². The number of hydrogen-bond acceptors (Lipinski definition) is 4. The second-order valence-corrected chi connectivity index (χ2v) is 5.21. The van der Waals surface area contributed by atoms with Crippen molar-refractivity contribution in [2.75, 3.05) is 0 Å². The van der Waals surface area contributed by atoms with E-state index >= 15 is 0 Å². The molecule has 1 aromatic heterocycles. The normalized spacial score (nSPS) is 19.4. The molecule has 2 unspecified atom stereocenters. The Hall–Kier alpha value is -1.68. The zero-order valence-electron chi connectivity index (χ0n) is 11.2. The predicted molar refractivity (Wildman–Crippen MR) is 72.9 cm³/mol. The Kier molecular flexibility index (Phi) is 3.34. The van der Waals surface area contributed by atoms with Gasteiger partial charge in [0.15, 0.2) is 5.82 Å². The van der Waals surface area contributed by atoms with Crippen LogP contribution >= 0.6 is 0 Å². The van der Waals surface area contributed by atoms with Crippen molar-refractivity contribution in [3.63, 3.8) is 0 Å². The molecule has 0 radical (unpaired) electrons. The van der Waals surface area contributed by atoms with Gasteiger partial charge in [-0.1, -0.05) is 36.3 Å². The molecule has 0 saturated carbocycles. The smallest absolute Gasteiger partial charge is 0.228 e. The number of aromatic nitrogens is 2. The second-order valence-electron chi connectivity index (χ2n) is 5.21. The minimum atomic E-state index is 0.101. The van der Waals surface area contributed by atoms with E-state index in [-0.39, 0.29) is 12.0 Å². The summed E-state index contributed by atoms with van der Waals surface area (Å²) in [5, 5.41) is 4.14. The number of benzene rings is 1. The Bertz CT molecular complexity index is 564. The van der Waals surface area contributed by atoms with E-state index in [9.17, 15) is 0 Å². The number of aryl methyl sites for hydroxylation is 1. The Morgan fingerprint density at radius 1 is 1.42 bits per heavy atom. The van der Waals surface area contributed by atoms with Gasteiger partial charge in [-0.25, -0.2) is 0 Å². The summed E-state index contributed by atoms with van der Waals surface area (Å²) in [5.41, 5.74) is 8.67. The van der Waals surface area contributed by atoms with Gasteiger partial charge < -0.3 is 10.3 Å². The number of nitrogens with two attached hydrogens (primary N) is 1. The van der Waals surface area contributed by atoms with Crippen molar-refractivity contribution in [2.24, 2.45) is 5.73 Å². The van der Waals surface area contributed by atoms with Crippen LogP contribution in [0.5, 0.6) is 0 Å². The lowest BCUT2D eigenvalue weighted by Crippen LogP contribution is -2.21. The molecule has 1 aromatic carbocycles. The summed E-state index contributed by atoms with van der Waals surface area (Å²) in [6.45, 7) is 2.06. The summed E-state index contributed by atoms with van der Waals surface area (Å²) in [6, 6.07) is 8.61. The lowest BCUT2D eigenvalue weighted by Gasteiger charge is -2.05. The number of nitrogens with zero attached hydrogens (tertiary/aromatic N) is 2. The predicted octanol–water partition coefficient (Wildman–Crippen LogP) is 2.43. The van der Waals surface area contributed by atoms with E-state index < -0.39 is 0 Å². The Morgan fingerprint density at radius 2 is 2.26 bits per heavy atom. The highest BCUT2D eigenvalue weighted by Gasteiger charge is 2.27. The summed E-state index contributed by atoms with van der Waals surface area (Å²) in [5.74, 6) is 1.75. The summed E-state index contributed by atoms with van der Waals surface area (Å²) in [6.07, 6.45) is 3.75. The lowest BCUT2D eigenvalue weighted by atomic mass is 10.0. The highest BCUT2D eigenvalue weighted by atomic mass is 16.5. The molecule has 4 heteroatoms. The average Bonchev–Trinajstić information content (AvgIpc) is 3.04. The molecule has 0 fully saturated rings. The first kappa shape index (κ1) is 12.4. The van der Waals surface area contributed by atoms with Gasteiger partial charge in [-0.3, -0.25) is 0 Å². The van der Waals surface area contributed by atoms with Crippen LogP contribution in [0.1, 0.15) is 48.5 Å². The molecule has 1 aliphatic rings. The molecule has 100 valence electrons. The van der Waals surface area contributed by atoms with Crippen LogP contribution in [0.2, 0.25) is 0 Å². The van der Waals surface area contributed by atoms with Gasteiger partial charge in [0.05, 0.1) is 0 Å². The van der Waals surface area contributed by atoms with Crippen molar-refractivity contribution in [3.05, 3.63) is 47.1 Å². The van der Waals surface area contributed by atoms with Crippen molar-refractivity contribution in [1.29, 1.82) is 0 Å². The molecule has 3 rings (SSSR count). The van der Waals surface area contributed by atoms with Crippen LogP contribution in [-0.4, -0.2) is 16.2 Å². The summed E-state index contributed by atoms with van der Waals surface area (Å²) < 4.78 is 5.32. The molecule has 0 aliphatic heterocycles. The third-order valence-electron chi connectivity index (χ3n) is 3.89. The number of fused-ring (bicyclic) bond motifs is 1. The molecular weight excluding hydrogens is 238 g/mol. The van der Waals surface area contributed by atoms with Crippen molar-refractivity contribution < 1.29 is 4.52 Å². The average molecular weight is 257 g/mol. The first-order valence-electron chi connectivity index (χ1n) is 6.93. The topological polar surface area (TPSA) is 64.9 Å². The molecule has 0 bridgehead atoms. The van der Waals surface area contributed by atoms with Crippen LogP contribution < -0.4 is 5.73 Å². The van der Waals surface area contributed by atoms with E-state index in [2.05, 4.69) is 41.3 Å². The fourth-order valence-electron chi connectivity index (χ4n) is 2.69. The van der Waals surface area contributed by atoms with Gasteiger partial charge >= 0.3 is 0 Å². The van der Waals surface area contributed by atoms with Crippen molar-refractivity contribution >= 4 is 0 Å². The summed E-state index contributed by atoms with van der Waals surface area (Å²) in [4.78, 5) is 4.52. The minimum Gasteiger partial charge on any atom is -0.339 e. The van der Waals surface area contributed by atoms with E-state index in [4.69, 9.17) is 10.3 Å². The van der Waals surface area contributed by atoms with Gasteiger partial charge in [-0.05, 0) is 30.4 Å². The first-order chi connectivity index (χ1) is 9.28. The zero-order valence-corrected chi connectivity index (χ0v) is 11.2. The van der Waals surface area contributed by atoms with Crippen LogP contribution in [0.4, 0.5) is 0 Å². The lowest BCUT2D eigenvalue weighted by molar-refractivity contribution is 0.361. The van der Waals surface area contributed by atoms with Gasteiger partial charge in [0, 0.05) is 18.4 Å². The van der Waals surface area contributed by atoms with Gasteiger partial charge in [-0.2, -0.15) is 4.98 Å². The fraction of sp³-hybridized carbons (Fsp3) is 0.467. The zero-order chi connectivity index (χ0) is 13.2. The third kappa shape index (κ3) is 2.40. The molecule has 19 heavy (non-hydrogen) atoms. The third-order valence-corrected chi connectivity index (χ3v) is 3.89. The highest BCUT2D eigenvalue weighted by Crippen LogP contribution is 2.36. The molecule has 0 saturated heterocycles. The molecule has 2 atom stereocenters. The maximum absolute atomic E-state index is 5.92. The van der Waals surface area contributed by atoms with E-state index in [1.54, 1.807) is 0 Å². The first-order valence-corrected chi connectivity index (χ1v) is 6.93. The fourth-order valence-corrected chi connectivity index (χ4v) is 2.69. The SMILES string of the molecule is CCC(N)Cc1nc(C2CCc3ccccc32)no1. The highest BCUT2D eigenvalue weighted by molar-refractivity contribution is 5.38. The molecule has 1 heterocycles. The van der Waals surface area contributed by atoms with Gasteiger partial charge in [0.1, 0.15) is 0 Å². The Labute approximate surface area is 113 Å². The van der Waals surface area contributed by atoms with Crippen LogP contribution in [0.15, 0.2) is 28.8 Å². The van der Waals surface area contributed by atoms with Crippen molar-refractivity contribution in [2.45, 2.75) is 44.6 Å². The standard InChI is InChI=1S/C15H19N3O/c1-2-11(16)9-14-17-15(18-19-14)13-8-7-10-5-3-4-6-12(10)13/h3-6,11,13H,2,7-9,16H2,1H3. The van der Waals surface area contributed by atoms with Crippen LogP contribution in [0.25, 0.3) is 0 Å². The number of rotatable bonds is 4. The molecule has 4 nitrogen and oxygen atoms in total. The van der Waals surface area contributed by atoms with Gasteiger partial charge in [0.25, 0.3) is 0 Å². The van der Waals surface area contributed by atoms with Crippen LogP contribution in [-0.2, 0) is 12.8 Å². The molecule has 0 amide bonds. The molecular formula is C15H19N3O. The molecule has 0 spiro atoms. The molecule has 2 aromatic rings. The van der Waals surface area contributed by atoms with E-state index in [0.29, 0.717) is 12.3 Å². The quantitative estimate of drug-likeness (QED) is 0.913. The van der Waals surface area contributed by atoms with Crippen LogP contribution in [0.3, 0.4) is 0 Å². The van der Waals surface area contributed by atoms with Crippen molar-refractivity contribution in [1.82, 2.24) is 10.1 Å². The number of hydrogen-bond donors (Lipinski definition) is 1. The minimum absolute atomic E-state index is 0.101. The van der Waals surface area contributed by atoms with E-state index in [1.165, 1.54) is 11.1 Å². The second kappa shape index (κ2) is 5.13. The molecule has 1 aliphatic carbocycles. The summed E-state index contributed by atoms with van der Waals surface area (Å²) >= 11 is 0. The maximum Gasteiger partial charge on any atom is 0.228 e. The van der Waals surface area contributed by atoms with E-state index in [0.717, 1.165) is 25.1 Å². The summed E-state index contributed by atoms with van der Waals surface area (Å²) in [7, 11) is 0. The van der Waals surface area contributed by atoms with E-state index in [1.807, 2.05) is 0 Å². The van der Waals surface area contributed by atoms with Gasteiger partial charge in [0.2, 0.25) is 5.89 Å². The Balaban J connectivity index is 1.81. The maximum atomic E-state index is 5.92. The van der Waals surface area contributed by atoms with Crippen molar-refractivity contribution in [3.8, 4) is 0 Å².